The lowest BCUT2D eigenvalue weighted by Crippen LogP contribution is -2.36. The molecule has 0 aliphatic carbocycles. The number of hydrogen-bond acceptors (Lipinski definition) is 4. The van der Waals surface area contributed by atoms with Gasteiger partial charge in [-0.3, -0.25) is 0 Å². The standard InChI is InChI=1S/C16H23N3O/c1-16(2,13-17)7-8-18-14-3-5-15(6-4-14)19-9-11-20-12-10-19/h3-6,18H,7-12H2,1-2H3. The molecule has 1 N–H and O–H groups in total. The summed E-state index contributed by atoms with van der Waals surface area (Å²) in [6, 6.07) is 10.8. The summed E-state index contributed by atoms with van der Waals surface area (Å²) < 4.78 is 5.36. The van der Waals surface area contributed by atoms with Crippen LogP contribution in [0.2, 0.25) is 0 Å². The molecular formula is C16H23N3O. The third kappa shape index (κ3) is 4.14. The maximum Gasteiger partial charge on any atom is 0.0684 e. The van der Waals surface area contributed by atoms with E-state index in [1.54, 1.807) is 0 Å². The van der Waals surface area contributed by atoms with Crippen molar-refractivity contribution in [3.8, 4) is 6.07 Å². The summed E-state index contributed by atoms with van der Waals surface area (Å²) in [6.07, 6.45) is 0.842. The first-order valence-electron chi connectivity index (χ1n) is 7.19. The van der Waals surface area contributed by atoms with Crippen molar-refractivity contribution >= 4 is 11.4 Å². The van der Waals surface area contributed by atoms with Crippen molar-refractivity contribution in [1.29, 1.82) is 5.26 Å². The first kappa shape index (κ1) is 14.7. The molecule has 0 unspecified atom stereocenters. The number of benzene rings is 1. The molecule has 1 heterocycles. The van der Waals surface area contributed by atoms with E-state index in [2.05, 4.69) is 40.6 Å². The summed E-state index contributed by atoms with van der Waals surface area (Å²) in [7, 11) is 0. The van der Waals surface area contributed by atoms with Crippen LogP contribution in [-0.2, 0) is 4.74 Å². The van der Waals surface area contributed by atoms with Crippen LogP contribution >= 0.6 is 0 Å². The highest BCUT2D eigenvalue weighted by molar-refractivity contribution is 5.55. The molecule has 4 nitrogen and oxygen atoms in total. The lowest BCUT2D eigenvalue weighted by Gasteiger charge is -2.29. The average Bonchev–Trinajstić information content (AvgIpc) is 2.49. The highest BCUT2D eigenvalue weighted by atomic mass is 16.5. The maximum atomic E-state index is 8.98. The molecule has 1 aromatic rings. The Morgan fingerprint density at radius 2 is 1.90 bits per heavy atom. The summed E-state index contributed by atoms with van der Waals surface area (Å²) >= 11 is 0. The van der Waals surface area contributed by atoms with Crippen molar-refractivity contribution in [2.45, 2.75) is 20.3 Å². The smallest absolute Gasteiger partial charge is 0.0684 e. The fourth-order valence-corrected chi connectivity index (χ4v) is 2.19. The molecule has 108 valence electrons. The summed E-state index contributed by atoms with van der Waals surface area (Å²) in [5, 5.41) is 12.3. The largest absolute Gasteiger partial charge is 0.385 e. The van der Waals surface area contributed by atoms with Crippen LogP contribution in [0.3, 0.4) is 0 Å². The second-order valence-electron chi connectivity index (χ2n) is 5.82. The van der Waals surface area contributed by atoms with Crippen molar-refractivity contribution < 1.29 is 4.74 Å². The zero-order valence-corrected chi connectivity index (χ0v) is 12.4. The Kier molecular flexibility index (Phi) is 4.86. The average molecular weight is 273 g/mol. The Morgan fingerprint density at radius 1 is 1.25 bits per heavy atom. The summed E-state index contributed by atoms with van der Waals surface area (Å²) in [5.41, 5.74) is 2.09. The predicted molar refractivity (Wildman–Crippen MR) is 82.0 cm³/mol. The van der Waals surface area contributed by atoms with Crippen molar-refractivity contribution in [3.05, 3.63) is 24.3 Å². The second-order valence-corrected chi connectivity index (χ2v) is 5.82. The fraction of sp³-hybridized carbons (Fsp3) is 0.562. The normalized spacial score (nSPS) is 15.8. The lowest BCUT2D eigenvalue weighted by molar-refractivity contribution is 0.122. The third-order valence-electron chi connectivity index (χ3n) is 3.63. The monoisotopic (exact) mass is 273 g/mol. The molecule has 1 aliphatic heterocycles. The topological polar surface area (TPSA) is 48.3 Å². The van der Waals surface area contributed by atoms with Gasteiger partial charge in [0.2, 0.25) is 0 Å². The minimum atomic E-state index is -0.263. The van der Waals surface area contributed by atoms with Crippen LogP contribution < -0.4 is 10.2 Å². The number of hydrogen-bond donors (Lipinski definition) is 1. The van der Waals surface area contributed by atoms with Gasteiger partial charge >= 0.3 is 0 Å². The van der Waals surface area contributed by atoms with E-state index in [0.29, 0.717) is 0 Å². The number of morpholine rings is 1. The van der Waals surface area contributed by atoms with Crippen LogP contribution in [0.25, 0.3) is 0 Å². The van der Waals surface area contributed by atoms with Gasteiger partial charge in [-0.25, -0.2) is 0 Å². The number of nitrogens with zero attached hydrogens (tertiary/aromatic N) is 2. The van der Waals surface area contributed by atoms with Gasteiger partial charge in [-0.15, -0.1) is 0 Å². The fourth-order valence-electron chi connectivity index (χ4n) is 2.19. The predicted octanol–water partition coefficient (Wildman–Crippen LogP) is 2.87. The molecule has 0 amide bonds. The number of nitriles is 1. The first-order chi connectivity index (χ1) is 9.61. The SMILES string of the molecule is CC(C)(C#N)CCNc1ccc(N2CCOCC2)cc1. The van der Waals surface area contributed by atoms with Gasteiger partial charge in [0.05, 0.1) is 24.7 Å². The van der Waals surface area contributed by atoms with Crippen LogP contribution in [-0.4, -0.2) is 32.8 Å². The van der Waals surface area contributed by atoms with Crippen LogP contribution in [0.5, 0.6) is 0 Å². The van der Waals surface area contributed by atoms with Crippen LogP contribution in [0.15, 0.2) is 24.3 Å². The van der Waals surface area contributed by atoms with Crippen molar-refractivity contribution in [1.82, 2.24) is 0 Å². The van der Waals surface area contributed by atoms with Crippen molar-refractivity contribution in [2.75, 3.05) is 43.1 Å². The highest BCUT2D eigenvalue weighted by Crippen LogP contribution is 2.21. The van der Waals surface area contributed by atoms with E-state index in [4.69, 9.17) is 10.00 Å². The Morgan fingerprint density at radius 3 is 2.50 bits per heavy atom. The van der Waals surface area contributed by atoms with E-state index in [0.717, 1.165) is 45.0 Å². The lowest BCUT2D eigenvalue weighted by atomic mass is 9.91. The van der Waals surface area contributed by atoms with Gasteiger partial charge in [-0.1, -0.05) is 0 Å². The number of ether oxygens (including phenoxy) is 1. The minimum Gasteiger partial charge on any atom is -0.385 e. The van der Waals surface area contributed by atoms with Gasteiger partial charge in [-0.05, 0) is 44.5 Å². The molecule has 1 aromatic carbocycles. The third-order valence-corrected chi connectivity index (χ3v) is 3.63. The van der Waals surface area contributed by atoms with Gasteiger partial charge in [0.1, 0.15) is 0 Å². The first-order valence-corrected chi connectivity index (χ1v) is 7.19. The Hall–Kier alpha value is -1.73. The van der Waals surface area contributed by atoms with E-state index < -0.39 is 0 Å². The number of anilines is 2. The molecule has 1 fully saturated rings. The Bertz CT molecular complexity index is 456. The molecule has 0 saturated carbocycles. The summed E-state index contributed by atoms with van der Waals surface area (Å²) in [5.74, 6) is 0. The Labute approximate surface area is 121 Å². The molecule has 20 heavy (non-hydrogen) atoms. The van der Waals surface area contributed by atoms with E-state index >= 15 is 0 Å². The van der Waals surface area contributed by atoms with Crippen LogP contribution in [0.4, 0.5) is 11.4 Å². The zero-order chi connectivity index (χ0) is 14.4. The van der Waals surface area contributed by atoms with Gasteiger partial charge in [0.15, 0.2) is 0 Å². The molecule has 2 rings (SSSR count). The van der Waals surface area contributed by atoms with E-state index in [1.807, 2.05) is 13.8 Å². The molecular weight excluding hydrogens is 250 g/mol. The van der Waals surface area contributed by atoms with Gasteiger partial charge < -0.3 is 15.0 Å². The molecule has 0 bridgehead atoms. The molecule has 1 aliphatic rings. The molecule has 0 radical (unpaired) electrons. The summed E-state index contributed by atoms with van der Waals surface area (Å²) in [4.78, 5) is 2.34. The minimum absolute atomic E-state index is 0.263. The maximum absolute atomic E-state index is 8.98. The molecule has 0 aromatic heterocycles. The number of rotatable bonds is 5. The van der Waals surface area contributed by atoms with Crippen molar-refractivity contribution in [3.63, 3.8) is 0 Å². The number of nitrogens with one attached hydrogen (secondary N) is 1. The zero-order valence-electron chi connectivity index (χ0n) is 12.4. The Balaban J connectivity index is 1.84. The van der Waals surface area contributed by atoms with Crippen LogP contribution in [0, 0.1) is 16.7 Å². The van der Waals surface area contributed by atoms with Crippen LogP contribution in [0.1, 0.15) is 20.3 Å². The van der Waals surface area contributed by atoms with Crippen molar-refractivity contribution in [2.24, 2.45) is 5.41 Å². The van der Waals surface area contributed by atoms with Gasteiger partial charge in [0, 0.05) is 31.0 Å². The van der Waals surface area contributed by atoms with Gasteiger partial charge in [-0.2, -0.15) is 5.26 Å². The quantitative estimate of drug-likeness (QED) is 0.896. The molecule has 1 saturated heterocycles. The van der Waals surface area contributed by atoms with Gasteiger partial charge in [0.25, 0.3) is 0 Å². The molecule has 0 atom stereocenters. The van der Waals surface area contributed by atoms with E-state index in [-0.39, 0.29) is 5.41 Å². The molecule has 0 spiro atoms. The second kappa shape index (κ2) is 6.62. The van der Waals surface area contributed by atoms with E-state index in [9.17, 15) is 0 Å². The van der Waals surface area contributed by atoms with E-state index in [1.165, 1.54) is 5.69 Å². The summed E-state index contributed by atoms with van der Waals surface area (Å²) in [6.45, 7) is 8.29. The highest BCUT2D eigenvalue weighted by Gasteiger charge is 2.15. The molecule has 4 heteroatoms.